The highest BCUT2D eigenvalue weighted by atomic mass is 32.1. The Balaban J connectivity index is 1.77. The number of carbonyl (C=O) groups is 1. The van der Waals surface area contributed by atoms with Crippen molar-refractivity contribution >= 4 is 27.5 Å². The summed E-state index contributed by atoms with van der Waals surface area (Å²) in [5.74, 6) is 0.101. The van der Waals surface area contributed by atoms with Gasteiger partial charge in [-0.15, -0.1) is 11.3 Å². The quantitative estimate of drug-likeness (QED) is 0.918. The first-order valence-electron chi connectivity index (χ1n) is 7.94. The molecule has 1 atom stereocenters. The Kier molecular flexibility index (Phi) is 4.50. The molecule has 0 aliphatic carbocycles. The van der Waals surface area contributed by atoms with Crippen molar-refractivity contribution in [2.24, 2.45) is 0 Å². The smallest absolute Gasteiger partial charge is 0.262 e. The molecule has 2 aromatic heterocycles. The molecule has 0 bridgehead atoms. The van der Waals surface area contributed by atoms with Crippen LogP contribution in [0, 0.1) is 13.8 Å². The predicted molar refractivity (Wildman–Crippen MR) is 92.0 cm³/mol. The number of aryl methyl sites for hydroxylation is 3. The second kappa shape index (κ2) is 6.41. The van der Waals surface area contributed by atoms with E-state index in [0.29, 0.717) is 18.4 Å². The number of hydrogen-bond acceptors (Lipinski definition) is 5. The molecule has 3 heterocycles. The van der Waals surface area contributed by atoms with E-state index < -0.39 is 0 Å². The summed E-state index contributed by atoms with van der Waals surface area (Å²) in [5.41, 5.74) is 0.955. The van der Waals surface area contributed by atoms with Crippen LogP contribution in [0.25, 0.3) is 10.2 Å². The molecular weight excluding hydrogens is 312 g/mol. The first kappa shape index (κ1) is 16.1. The maximum absolute atomic E-state index is 12.6. The van der Waals surface area contributed by atoms with Gasteiger partial charge in [-0.1, -0.05) is 0 Å². The molecule has 23 heavy (non-hydrogen) atoms. The van der Waals surface area contributed by atoms with E-state index in [4.69, 9.17) is 0 Å². The highest BCUT2D eigenvalue weighted by Gasteiger charge is 2.22. The van der Waals surface area contributed by atoms with Crippen molar-refractivity contribution < 1.29 is 4.79 Å². The van der Waals surface area contributed by atoms with Crippen LogP contribution in [0.2, 0.25) is 0 Å². The van der Waals surface area contributed by atoms with Crippen molar-refractivity contribution in [2.45, 2.75) is 39.8 Å². The average Bonchev–Trinajstić information content (AvgIpc) is 2.82. The van der Waals surface area contributed by atoms with Crippen LogP contribution in [-0.4, -0.2) is 46.0 Å². The van der Waals surface area contributed by atoms with Gasteiger partial charge in [0.05, 0.1) is 11.7 Å². The van der Waals surface area contributed by atoms with Crippen LogP contribution < -0.4 is 10.9 Å². The lowest BCUT2D eigenvalue weighted by Gasteiger charge is -2.34. The minimum absolute atomic E-state index is 0.0435. The van der Waals surface area contributed by atoms with E-state index in [9.17, 15) is 9.59 Å². The van der Waals surface area contributed by atoms with E-state index >= 15 is 0 Å². The van der Waals surface area contributed by atoms with Gasteiger partial charge < -0.3 is 10.2 Å². The maximum Gasteiger partial charge on any atom is 0.262 e. The van der Waals surface area contributed by atoms with Gasteiger partial charge in [-0.3, -0.25) is 14.2 Å². The van der Waals surface area contributed by atoms with Crippen LogP contribution in [0.15, 0.2) is 11.1 Å². The molecule has 7 heteroatoms. The molecule has 1 N–H and O–H groups in total. The van der Waals surface area contributed by atoms with Gasteiger partial charge in [0.25, 0.3) is 5.56 Å². The molecule has 6 nitrogen and oxygen atoms in total. The molecule has 0 spiro atoms. The number of fused-ring (bicyclic) bond motifs is 1. The number of aromatic nitrogens is 2. The number of nitrogens with one attached hydrogen (secondary N) is 1. The van der Waals surface area contributed by atoms with Gasteiger partial charge in [0.15, 0.2) is 0 Å². The van der Waals surface area contributed by atoms with Gasteiger partial charge >= 0.3 is 0 Å². The predicted octanol–water partition coefficient (Wildman–Crippen LogP) is 1.29. The van der Waals surface area contributed by atoms with Crippen LogP contribution in [0.5, 0.6) is 0 Å². The molecule has 1 saturated heterocycles. The summed E-state index contributed by atoms with van der Waals surface area (Å²) in [4.78, 5) is 33.2. The number of thiophene rings is 1. The van der Waals surface area contributed by atoms with E-state index in [-0.39, 0.29) is 17.5 Å². The highest BCUT2D eigenvalue weighted by Crippen LogP contribution is 2.25. The lowest BCUT2D eigenvalue weighted by atomic mass is 10.2. The highest BCUT2D eigenvalue weighted by molar-refractivity contribution is 7.18. The zero-order valence-electron chi connectivity index (χ0n) is 13.8. The van der Waals surface area contributed by atoms with Gasteiger partial charge in [-0.25, -0.2) is 4.98 Å². The third-order valence-electron chi connectivity index (χ3n) is 4.54. The number of amides is 1. The summed E-state index contributed by atoms with van der Waals surface area (Å²) in [6.45, 7) is 8.77. The molecule has 1 aliphatic heterocycles. The van der Waals surface area contributed by atoms with Crippen LogP contribution >= 0.6 is 11.3 Å². The SMILES string of the molecule is Cc1sc2ncn(CCC(=O)N3CCNC[C@H]3C)c(=O)c2c1C. The van der Waals surface area contributed by atoms with Crippen molar-refractivity contribution in [2.75, 3.05) is 19.6 Å². The Bertz CT molecular complexity index is 795. The third-order valence-corrected chi connectivity index (χ3v) is 5.66. The summed E-state index contributed by atoms with van der Waals surface area (Å²) < 4.78 is 1.56. The molecule has 0 radical (unpaired) electrons. The second-order valence-corrected chi connectivity index (χ2v) is 7.30. The normalized spacial score (nSPS) is 18.6. The van der Waals surface area contributed by atoms with Crippen LogP contribution in [0.3, 0.4) is 0 Å². The van der Waals surface area contributed by atoms with Gasteiger partial charge in [0.2, 0.25) is 5.91 Å². The number of rotatable bonds is 3. The zero-order valence-corrected chi connectivity index (χ0v) is 14.6. The van der Waals surface area contributed by atoms with Crippen molar-refractivity contribution in [1.82, 2.24) is 19.8 Å². The third kappa shape index (κ3) is 3.03. The fourth-order valence-electron chi connectivity index (χ4n) is 3.00. The van der Waals surface area contributed by atoms with Gasteiger partial charge in [0, 0.05) is 43.5 Å². The largest absolute Gasteiger partial charge is 0.337 e. The number of piperazine rings is 1. The Morgan fingerprint density at radius 3 is 3.00 bits per heavy atom. The standard InChI is InChI=1S/C16H22N4O2S/c1-10-8-17-5-7-20(10)13(21)4-6-19-9-18-15-14(16(19)22)11(2)12(3)23-15/h9-10,17H,4-8H2,1-3H3/t10-/m1/s1. The van der Waals surface area contributed by atoms with Gasteiger partial charge in [-0.05, 0) is 26.3 Å². The van der Waals surface area contributed by atoms with Gasteiger partial charge in [0.1, 0.15) is 4.83 Å². The second-order valence-electron chi connectivity index (χ2n) is 6.10. The van der Waals surface area contributed by atoms with Crippen LogP contribution in [0.4, 0.5) is 0 Å². The maximum atomic E-state index is 12.6. The van der Waals surface area contributed by atoms with E-state index in [2.05, 4.69) is 10.3 Å². The number of hydrogen-bond donors (Lipinski definition) is 1. The summed E-state index contributed by atoms with van der Waals surface area (Å²) in [7, 11) is 0. The van der Waals surface area contributed by atoms with E-state index in [1.165, 1.54) is 0 Å². The van der Waals surface area contributed by atoms with Crippen molar-refractivity contribution in [3.63, 3.8) is 0 Å². The summed E-state index contributed by atoms with van der Waals surface area (Å²) in [6, 6.07) is 0.204. The zero-order chi connectivity index (χ0) is 16.6. The first-order valence-corrected chi connectivity index (χ1v) is 8.76. The minimum atomic E-state index is -0.0435. The fourth-order valence-corrected chi connectivity index (χ4v) is 3.99. The van der Waals surface area contributed by atoms with Crippen LogP contribution in [-0.2, 0) is 11.3 Å². The Hall–Kier alpha value is -1.73. The number of nitrogens with zero attached hydrogens (tertiary/aromatic N) is 3. The van der Waals surface area contributed by atoms with Crippen molar-refractivity contribution in [3.8, 4) is 0 Å². The fraction of sp³-hybridized carbons (Fsp3) is 0.562. The average molecular weight is 334 g/mol. The molecule has 2 aromatic rings. The topological polar surface area (TPSA) is 67.2 Å². The van der Waals surface area contributed by atoms with Crippen molar-refractivity contribution in [1.29, 1.82) is 0 Å². The van der Waals surface area contributed by atoms with E-state index in [1.54, 1.807) is 22.2 Å². The molecule has 1 aliphatic rings. The summed E-state index contributed by atoms with van der Waals surface area (Å²) in [5, 5.41) is 3.97. The van der Waals surface area contributed by atoms with Crippen LogP contribution in [0.1, 0.15) is 23.8 Å². The number of carbonyl (C=O) groups excluding carboxylic acids is 1. The minimum Gasteiger partial charge on any atom is -0.337 e. The lowest BCUT2D eigenvalue weighted by molar-refractivity contribution is -0.134. The Labute approximate surface area is 139 Å². The molecule has 0 unspecified atom stereocenters. The van der Waals surface area contributed by atoms with E-state index in [0.717, 1.165) is 34.9 Å². The molecular formula is C16H22N4O2S. The van der Waals surface area contributed by atoms with E-state index in [1.807, 2.05) is 25.7 Å². The Morgan fingerprint density at radius 2 is 2.26 bits per heavy atom. The molecule has 3 rings (SSSR count). The van der Waals surface area contributed by atoms with Crippen molar-refractivity contribution in [3.05, 3.63) is 27.1 Å². The monoisotopic (exact) mass is 334 g/mol. The molecule has 124 valence electrons. The molecule has 1 fully saturated rings. The Morgan fingerprint density at radius 1 is 1.48 bits per heavy atom. The molecule has 0 aromatic carbocycles. The molecule has 1 amide bonds. The molecule has 0 saturated carbocycles. The summed E-state index contributed by atoms with van der Waals surface area (Å²) >= 11 is 1.54. The lowest BCUT2D eigenvalue weighted by Crippen LogP contribution is -2.52. The first-order chi connectivity index (χ1) is 11.0. The summed E-state index contributed by atoms with van der Waals surface area (Å²) in [6.07, 6.45) is 1.90. The van der Waals surface area contributed by atoms with Gasteiger partial charge in [-0.2, -0.15) is 0 Å².